The van der Waals surface area contributed by atoms with E-state index in [0.717, 1.165) is 0 Å². The summed E-state index contributed by atoms with van der Waals surface area (Å²) in [5.74, 6) is 2.76. The molecule has 11 heteroatoms. The minimum absolute atomic E-state index is 0.0163. The number of nitrogens with zero attached hydrogens (tertiary/aromatic N) is 2. The monoisotopic (exact) mass is 314 g/mol. The zero-order valence-corrected chi connectivity index (χ0v) is 10.7. The van der Waals surface area contributed by atoms with E-state index in [1.807, 2.05) is 0 Å². The van der Waals surface area contributed by atoms with E-state index in [-0.39, 0.29) is 22.9 Å². The molecular formula is C11H9F3N6O2. The third kappa shape index (κ3) is 3.20. The number of anilines is 2. The molecule has 0 atom stereocenters. The number of carbonyl (C=O) groups excluding carboxylic acids is 1. The van der Waals surface area contributed by atoms with E-state index in [4.69, 9.17) is 5.84 Å². The van der Waals surface area contributed by atoms with Gasteiger partial charge in [0.05, 0.1) is 5.69 Å². The first-order valence-corrected chi connectivity index (χ1v) is 5.74. The van der Waals surface area contributed by atoms with Crippen LogP contribution < -0.4 is 22.1 Å². The first kappa shape index (κ1) is 15.4. The van der Waals surface area contributed by atoms with Gasteiger partial charge in [0.2, 0.25) is 5.95 Å². The number of hydrazine groups is 1. The summed E-state index contributed by atoms with van der Waals surface area (Å²) in [6.45, 7) is 0. The number of carbonyl (C=O) groups is 1. The van der Waals surface area contributed by atoms with Crippen LogP contribution in [0.15, 0.2) is 29.1 Å². The van der Waals surface area contributed by atoms with Gasteiger partial charge in [-0.2, -0.15) is 13.2 Å². The van der Waals surface area contributed by atoms with Crippen molar-refractivity contribution in [2.75, 3.05) is 10.7 Å². The van der Waals surface area contributed by atoms with Crippen molar-refractivity contribution in [1.29, 1.82) is 0 Å². The lowest BCUT2D eigenvalue weighted by Crippen LogP contribution is -2.30. The number of nitrogens with one attached hydrogen (secondary N) is 3. The highest BCUT2D eigenvalue weighted by atomic mass is 19.4. The summed E-state index contributed by atoms with van der Waals surface area (Å²) in [7, 11) is 0. The Hall–Kier alpha value is -2.95. The molecule has 0 saturated heterocycles. The van der Waals surface area contributed by atoms with Crippen LogP contribution in [0.25, 0.3) is 11.3 Å². The third-order valence-corrected chi connectivity index (χ3v) is 2.52. The fourth-order valence-corrected chi connectivity index (χ4v) is 1.57. The van der Waals surface area contributed by atoms with Gasteiger partial charge in [-0.05, 0) is 6.07 Å². The molecule has 0 fully saturated rings. The molecule has 0 bridgehead atoms. The Morgan fingerprint density at radius 3 is 2.50 bits per heavy atom. The van der Waals surface area contributed by atoms with Crippen LogP contribution in [0.2, 0.25) is 0 Å². The number of nitrogen functional groups attached to an aromatic ring is 1. The number of aromatic amines is 1. The predicted molar refractivity (Wildman–Crippen MR) is 70.6 cm³/mol. The Kier molecular flexibility index (Phi) is 4.08. The number of halogens is 3. The van der Waals surface area contributed by atoms with E-state index in [2.05, 4.69) is 20.6 Å². The number of alkyl halides is 3. The summed E-state index contributed by atoms with van der Waals surface area (Å²) in [5, 5.41) is 8.79. The van der Waals surface area contributed by atoms with Crippen LogP contribution >= 0.6 is 0 Å². The lowest BCUT2D eigenvalue weighted by molar-refractivity contribution is -0.167. The number of nitrogens with two attached hydrogens (primary N) is 1. The fourth-order valence-electron chi connectivity index (χ4n) is 1.57. The number of benzene rings is 1. The average molecular weight is 314 g/mol. The van der Waals surface area contributed by atoms with E-state index >= 15 is 0 Å². The van der Waals surface area contributed by atoms with Gasteiger partial charge >= 0.3 is 12.1 Å². The largest absolute Gasteiger partial charge is 0.471 e. The molecule has 1 aromatic heterocycles. The molecular weight excluding hydrogens is 305 g/mol. The molecule has 0 unspecified atom stereocenters. The summed E-state index contributed by atoms with van der Waals surface area (Å²) < 4.78 is 37.0. The van der Waals surface area contributed by atoms with Gasteiger partial charge in [-0.3, -0.25) is 20.0 Å². The van der Waals surface area contributed by atoms with Gasteiger partial charge in [0.15, 0.2) is 5.69 Å². The van der Waals surface area contributed by atoms with Gasteiger partial charge in [-0.1, -0.05) is 18.2 Å². The maximum atomic E-state index is 12.3. The molecule has 116 valence electrons. The number of hydrogen-bond acceptors (Lipinski definition) is 6. The number of rotatable bonds is 3. The van der Waals surface area contributed by atoms with Crippen molar-refractivity contribution >= 4 is 17.5 Å². The van der Waals surface area contributed by atoms with E-state index in [9.17, 15) is 22.8 Å². The Labute approximate surface area is 120 Å². The van der Waals surface area contributed by atoms with Crippen LogP contribution in [-0.2, 0) is 4.79 Å². The molecule has 22 heavy (non-hydrogen) atoms. The van der Waals surface area contributed by atoms with Gasteiger partial charge in [-0.15, -0.1) is 10.2 Å². The molecule has 0 aliphatic carbocycles. The third-order valence-electron chi connectivity index (χ3n) is 2.52. The molecule has 0 radical (unpaired) electrons. The van der Waals surface area contributed by atoms with Crippen LogP contribution in [0.4, 0.5) is 24.8 Å². The molecule has 0 saturated carbocycles. The highest BCUT2D eigenvalue weighted by Crippen LogP contribution is 2.26. The zero-order valence-electron chi connectivity index (χ0n) is 10.7. The fraction of sp³-hybridized carbons (Fsp3) is 0.0909. The lowest BCUT2D eigenvalue weighted by Gasteiger charge is -2.11. The summed E-state index contributed by atoms with van der Waals surface area (Å²) in [4.78, 5) is 25.1. The predicted octanol–water partition coefficient (Wildman–Crippen LogP) is 0.618. The molecule has 2 rings (SSSR count). The second kappa shape index (κ2) is 5.81. The number of H-pyrrole nitrogens is 1. The van der Waals surface area contributed by atoms with E-state index in [1.165, 1.54) is 24.3 Å². The Bertz CT molecular complexity index is 758. The highest BCUT2D eigenvalue weighted by molar-refractivity contribution is 5.98. The van der Waals surface area contributed by atoms with E-state index in [0.29, 0.717) is 0 Å². The molecule has 2 aromatic rings. The zero-order chi connectivity index (χ0) is 16.3. The molecule has 1 amide bonds. The second-order valence-electron chi connectivity index (χ2n) is 3.99. The summed E-state index contributed by atoms with van der Waals surface area (Å²) in [6.07, 6.45) is -5.06. The first-order chi connectivity index (χ1) is 10.3. The van der Waals surface area contributed by atoms with Crippen LogP contribution in [0.5, 0.6) is 0 Å². The van der Waals surface area contributed by atoms with Gasteiger partial charge in [-0.25, -0.2) is 5.84 Å². The average Bonchev–Trinajstić information content (AvgIpc) is 2.47. The SMILES string of the molecule is NNc1nnc(-c2ccccc2NC(=O)C(F)(F)F)c(=O)[nH]1. The van der Waals surface area contributed by atoms with Crippen molar-refractivity contribution < 1.29 is 18.0 Å². The number of amides is 1. The second-order valence-corrected chi connectivity index (χ2v) is 3.99. The van der Waals surface area contributed by atoms with Crippen molar-refractivity contribution in [2.24, 2.45) is 5.84 Å². The highest BCUT2D eigenvalue weighted by Gasteiger charge is 2.39. The minimum Gasteiger partial charge on any atom is -0.318 e. The van der Waals surface area contributed by atoms with Crippen LogP contribution in [0, 0.1) is 0 Å². The molecule has 0 spiro atoms. The van der Waals surface area contributed by atoms with Crippen molar-refractivity contribution in [1.82, 2.24) is 15.2 Å². The summed E-state index contributed by atoms with van der Waals surface area (Å²) in [5.41, 5.74) is 0.819. The van der Waals surface area contributed by atoms with Crippen LogP contribution in [-0.4, -0.2) is 27.3 Å². The van der Waals surface area contributed by atoms with Gasteiger partial charge in [0.1, 0.15) is 0 Å². The Morgan fingerprint density at radius 2 is 1.91 bits per heavy atom. The lowest BCUT2D eigenvalue weighted by atomic mass is 10.1. The number of aromatic nitrogens is 3. The smallest absolute Gasteiger partial charge is 0.318 e. The van der Waals surface area contributed by atoms with E-state index in [1.54, 1.807) is 5.32 Å². The summed E-state index contributed by atoms with van der Waals surface area (Å²) in [6, 6.07) is 5.39. The van der Waals surface area contributed by atoms with Crippen LogP contribution in [0.3, 0.4) is 0 Å². The minimum atomic E-state index is -5.06. The number of hydrogen-bond donors (Lipinski definition) is 4. The molecule has 1 heterocycles. The number of para-hydroxylation sites is 1. The van der Waals surface area contributed by atoms with Gasteiger partial charge in [0, 0.05) is 5.56 Å². The van der Waals surface area contributed by atoms with Crippen molar-refractivity contribution in [3.05, 3.63) is 34.6 Å². The molecule has 8 nitrogen and oxygen atoms in total. The Morgan fingerprint density at radius 1 is 1.23 bits per heavy atom. The molecule has 5 N–H and O–H groups in total. The van der Waals surface area contributed by atoms with E-state index < -0.39 is 17.6 Å². The van der Waals surface area contributed by atoms with Crippen molar-refractivity contribution in [3.8, 4) is 11.3 Å². The first-order valence-electron chi connectivity index (χ1n) is 5.74. The Balaban J connectivity index is 2.45. The van der Waals surface area contributed by atoms with Crippen LogP contribution in [0.1, 0.15) is 0 Å². The quantitative estimate of drug-likeness (QED) is 0.486. The van der Waals surface area contributed by atoms with Gasteiger partial charge < -0.3 is 5.32 Å². The standard InChI is InChI=1S/C11H9F3N6O2/c12-11(13,14)9(22)16-6-4-2-1-3-5(6)7-8(21)17-10(18-15)20-19-7/h1-4H,15H2,(H,16,22)(H2,17,18,20,21). The van der Waals surface area contributed by atoms with Gasteiger partial charge in [0.25, 0.3) is 5.56 Å². The maximum Gasteiger partial charge on any atom is 0.471 e. The topological polar surface area (TPSA) is 126 Å². The normalized spacial score (nSPS) is 11.1. The molecule has 0 aliphatic rings. The van der Waals surface area contributed by atoms with Crippen molar-refractivity contribution in [3.63, 3.8) is 0 Å². The molecule has 1 aromatic carbocycles. The summed E-state index contributed by atoms with van der Waals surface area (Å²) >= 11 is 0. The maximum absolute atomic E-state index is 12.3. The van der Waals surface area contributed by atoms with Crippen molar-refractivity contribution in [2.45, 2.75) is 6.18 Å². The molecule has 0 aliphatic heterocycles.